The first-order valence-electron chi connectivity index (χ1n) is 9.97. The van der Waals surface area contributed by atoms with Gasteiger partial charge in [-0.2, -0.15) is 0 Å². The number of halogens is 1. The molecule has 2 aromatic rings. The summed E-state index contributed by atoms with van der Waals surface area (Å²) in [6, 6.07) is 8.59. The van der Waals surface area contributed by atoms with Crippen molar-refractivity contribution in [1.82, 2.24) is 5.32 Å². The van der Waals surface area contributed by atoms with E-state index in [9.17, 15) is 9.59 Å². The smallest absolute Gasteiger partial charge is 0.335 e. The van der Waals surface area contributed by atoms with Crippen LogP contribution in [0, 0.1) is 6.92 Å². The van der Waals surface area contributed by atoms with E-state index in [4.69, 9.17) is 14.6 Å². The SMILES string of the molecule is CCOc1cc(CNc2ccc(C(=O)O)cc2C)c(Br)cc1OCC(=O)NC(C)(C)C. The normalized spacial score (nSPS) is 11.0. The van der Waals surface area contributed by atoms with E-state index in [0.717, 1.165) is 21.3 Å². The zero-order chi connectivity index (χ0) is 23.2. The predicted octanol–water partition coefficient (Wildman–Crippen LogP) is 4.76. The predicted molar refractivity (Wildman–Crippen MR) is 124 cm³/mol. The van der Waals surface area contributed by atoms with Gasteiger partial charge in [-0.15, -0.1) is 0 Å². The minimum absolute atomic E-state index is 0.115. The summed E-state index contributed by atoms with van der Waals surface area (Å²) in [5.41, 5.74) is 2.52. The molecule has 7 nitrogen and oxygen atoms in total. The van der Waals surface area contributed by atoms with Gasteiger partial charge in [-0.1, -0.05) is 15.9 Å². The van der Waals surface area contributed by atoms with Gasteiger partial charge in [-0.25, -0.2) is 4.79 Å². The van der Waals surface area contributed by atoms with Crippen LogP contribution in [0.25, 0.3) is 0 Å². The molecule has 0 atom stereocenters. The lowest BCUT2D eigenvalue weighted by atomic mass is 10.1. The van der Waals surface area contributed by atoms with Crippen molar-refractivity contribution in [2.75, 3.05) is 18.5 Å². The number of hydrogen-bond donors (Lipinski definition) is 3. The van der Waals surface area contributed by atoms with Gasteiger partial charge in [-0.05, 0) is 76.1 Å². The fraction of sp³-hybridized carbons (Fsp3) is 0.391. The first-order valence-corrected chi connectivity index (χ1v) is 10.8. The monoisotopic (exact) mass is 492 g/mol. The van der Waals surface area contributed by atoms with Crippen molar-refractivity contribution in [2.45, 2.75) is 46.7 Å². The summed E-state index contributed by atoms with van der Waals surface area (Å²) >= 11 is 3.56. The molecule has 0 saturated heterocycles. The number of benzene rings is 2. The van der Waals surface area contributed by atoms with Gasteiger partial charge in [0.25, 0.3) is 5.91 Å². The van der Waals surface area contributed by atoms with Gasteiger partial charge in [0.05, 0.1) is 12.2 Å². The van der Waals surface area contributed by atoms with E-state index in [1.54, 1.807) is 24.3 Å². The Labute approximate surface area is 191 Å². The fourth-order valence-corrected chi connectivity index (χ4v) is 3.34. The molecule has 168 valence electrons. The number of ether oxygens (including phenoxy) is 2. The number of carboxylic acids is 1. The van der Waals surface area contributed by atoms with Crippen LogP contribution in [-0.2, 0) is 11.3 Å². The first-order chi connectivity index (χ1) is 14.5. The van der Waals surface area contributed by atoms with Crippen LogP contribution in [0.15, 0.2) is 34.8 Å². The summed E-state index contributed by atoms with van der Waals surface area (Å²) in [5.74, 6) is -0.143. The summed E-state index contributed by atoms with van der Waals surface area (Å²) < 4.78 is 12.2. The molecule has 2 aromatic carbocycles. The van der Waals surface area contributed by atoms with Crippen LogP contribution in [0.2, 0.25) is 0 Å². The van der Waals surface area contributed by atoms with Crippen molar-refractivity contribution in [3.8, 4) is 11.5 Å². The Morgan fingerprint density at radius 3 is 2.35 bits per heavy atom. The van der Waals surface area contributed by atoms with Crippen molar-refractivity contribution in [1.29, 1.82) is 0 Å². The lowest BCUT2D eigenvalue weighted by molar-refractivity contribution is -0.124. The molecule has 3 N–H and O–H groups in total. The number of aromatic carboxylic acids is 1. The number of carbonyl (C=O) groups is 2. The number of anilines is 1. The van der Waals surface area contributed by atoms with Crippen molar-refractivity contribution >= 4 is 33.5 Å². The van der Waals surface area contributed by atoms with E-state index < -0.39 is 5.97 Å². The Kier molecular flexibility index (Phi) is 8.33. The molecule has 0 aromatic heterocycles. The molecule has 0 saturated carbocycles. The number of aryl methyl sites for hydroxylation is 1. The van der Waals surface area contributed by atoms with Gasteiger partial charge in [0, 0.05) is 22.2 Å². The summed E-state index contributed by atoms with van der Waals surface area (Å²) in [4.78, 5) is 23.2. The number of carbonyl (C=O) groups excluding carboxylic acids is 1. The molecule has 0 heterocycles. The highest BCUT2D eigenvalue weighted by Gasteiger charge is 2.16. The van der Waals surface area contributed by atoms with Crippen LogP contribution in [0.5, 0.6) is 11.5 Å². The Hall–Kier alpha value is -2.74. The molecule has 0 fully saturated rings. The van der Waals surface area contributed by atoms with Crippen LogP contribution >= 0.6 is 15.9 Å². The van der Waals surface area contributed by atoms with E-state index in [1.807, 2.05) is 40.7 Å². The minimum Gasteiger partial charge on any atom is -0.490 e. The van der Waals surface area contributed by atoms with Gasteiger partial charge < -0.3 is 25.2 Å². The highest BCUT2D eigenvalue weighted by Crippen LogP contribution is 2.34. The van der Waals surface area contributed by atoms with Gasteiger partial charge in [0.2, 0.25) is 0 Å². The summed E-state index contributed by atoms with van der Waals surface area (Å²) in [5, 5.41) is 15.3. The molecular formula is C23H29BrN2O5. The fourth-order valence-electron chi connectivity index (χ4n) is 2.88. The molecule has 1 amide bonds. The second-order valence-corrected chi connectivity index (χ2v) is 8.95. The van der Waals surface area contributed by atoms with Gasteiger partial charge in [-0.3, -0.25) is 4.79 Å². The summed E-state index contributed by atoms with van der Waals surface area (Å²) in [7, 11) is 0. The van der Waals surface area contributed by atoms with Gasteiger partial charge >= 0.3 is 5.97 Å². The number of amides is 1. The highest BCUT2D eigenvalue weighted by atomic mass is 79.9. The maximum atomic E-state index is 12.1. The Bertz CT molecular complexity index is 954. The maximum absolute atomic E-state index is 12.1. The molecule has 0 aliphatic rings. The Balaban J connectivity index is 2.14. The topological polar surface area (TPSA) is 96.9 Å². The zero-order valence-electron chi connectivity index (χ0n) is 18.5. The van der Waals surface area contributed by atoms with E-state index in [2.05, 4.69) is 26.6 Å². The highest BCUT2D eigenvalue weighted by molar-refractivity contribution is 9.10. The number of rotatable bonds is 9. The average Bonchev–Trinajstić information content (AvgIpc) is 2.66. The number of hydrogen-bond acceptors (Lipinski definition) is 5. The van der Waals surface area contributed by atoms with Gasteiger partial charge in [0.1, 0.15) is 0 Å². The van der Waals surface area contributed by atoms with E-state index >= 15 is 0 Å². The standard InChI is InChI=1S/C23H29BrN2O5/c1-6-30-19-10-16(12-25-18-8-7-15(22(28)29)9-14(18)2)17(24)11-20(19)31-13-21(27)26-23(3,4)5/h7-11,25H,6,12-13H2,1-5H3,(H,26,27)(H,28,29). The lowest BCUT2D eigenvalue weighted by Crippen LogP contribution is -2.43. The van der Waals surface area contributed by atoms with Crippen molar-refractivity contribution < 1.29 is 24.2 Å². The Morgan fingerprint density at radius 2 is 1.77 bits per heavy atom. The third-order valence-corrected chi connectivity index (χ3v) is 4.97. The maximum Gasteiger partial charge on any atom is 0.335 e. The Morgan fingerprint density at radius 1 is 1.10 bits per heavy atom. The molecule has 0 spiro atoms. The van der Waals surface area contributed by atoms with E-state index in [0.29, 0.717) is 24.7 Å². The van der Waals surface area contributed by atoms with Crippen LogP contribution in [-0.4, -0.2) is 35.7 Å². The lowest BCUT2D eigenvalue weighted by Gasteiger charge is -2.21. The molecule has 0 aliphatic carbocycles. The number of nitrogens with one attached hydrogen (secondary N) is 2. The zero-order valence-corrected chi connectivity index (χ0v) is 20.1. The molecular weight excluding hydrogens is 464 g/mol. The molecule has 31 heavy (non-hydrogen) atoms. The largest absolute Gasteiger partial charge is 0.490 e. The molecule has 0 radical (unpaired) electrons. The third kappa shape index (κ3) is 7.47. The molecule has 0 aliphatic heterocycles. The van der Waals surface area contributed by atoms with Crippen molar-refractivity contribution in [2.24, 2.45) is 0 Å². The summed E-state index contributed by atoms with van der Waals surface area (Å²) in [6.07, 6.45) is 0. The van der Waals surface area contributed by atoms with Crippen molar-refractivity contribution in [3.63, 3.8) is 0 Å². The number of carboxylic acid groups (broad SMARTS) is 1. The minimum atomic E-state index is -0.953. The second-order valence-electron chi connectivity index (χ2n) is 8.10. The van der Waals surface area contributed by atoms with Crippen LogP contribution in [0.3, 0.4) is 0 Å². The van der Waals surface area contributed by atoms with Crippen molar-refractivity contribution in [3.05, 3.63) is 51.5 Å². The molecule has 8 heteroatoms. The third-order valence-electron chi connectivity index (χ3n) is 4.23. The molecule has 0 unspecified atom stereocenters. The van der Waals surface area contributed by atoms with Gasteiger partial charge in [0.15, 0.2) is 18.1 Å². The molecule has 0 bridgehead atoms. The molecule has 2 rings (SSSR count). The quantitative estimate of drug-likeness (QED) is 0.466. The van der Waals surface area contributed by atoms with E-state index in [-0.39, 0.29) is 23.6 Å². The average molecular weight is 493 g/mol. The van der Waals surface area contributed by atoms with Crippen LogP contribution < -0.4 is 20.1 Å². The summed E-state index contributed by atoms with van der Waals surface area (Å²) in [6.45, 7) is 10.3. The van der Waals surface area contributed by atoms with E-state index in [1.165, 1.54) is 0 Å². The van der Waals surface area contributed by atoms with Crippen LogP contribution in [0.4, 0.5) is 5.69 Å². The second kappa shape index (κ2) is 10.5. The van der Waals surface area contributed by atoms with Crippen LogP contribution in [0.1, 0.15) is 49.2 Å². The first kappa shape index (κ1) is 24.5.